The van der Waals surface area contributed by atoms with Gasteiger partial charge in [0.1, 0.15) is 0 Å². The van der Waals surface area contributed by atoms with E-state index in [4.69, 9.17) is 0 Å². The van der Waals surface area contributed by atoms with Gasteiger partial charge in [-0.3, -0.25) is 4.79 Å². The van der Waals surface area contributed by atoms with Gasteiger partial charge in [-0.1, -0.05) is 6.42 Å². The number of carbonyl (C=O) groups is 1. The molecule has 2 rings (SSSR count). The summed E-state index contributed by atoms with van der Waals surface area (Å²) in [7, 11) is 3.55. The van der Waals surface area contributed by atoms with Gasteiger partial charge in [-0.15, -0.1) is 0 Å². The minimum atomic E-state index is -0.326. The maximum Gasteiger partial charge on any atom is 0.223 e. The Morgan fingerprint density at radius 3 is 2.94 bits per heavy atom. The predicted octanol–water partition coefficient (Wildman–Crippen LogP) is 1.73. The van der Waals surface area contributed by atoms with Crippen LogP contribution in [0.3, 0.4) is 0 Å². The first-order valence-corrected chi connectivity index (χ1v) is 6.64. The minimum Gasteiger partial charge on any atom is -0.388 e. The van der Waals surface area contributed by atoms with Crippen molar-refractivity contribution in [1.82, 2.24) is 9.47 Å². The van der Waals surface area contributed by atoms with Gasteiger partial charge in [0, 0.05) is 45.0 Å². The van der Waals surface area contributed by atoms with Crippen LogP contribution in [-0.2, 0) is 17.8 Å². The van der Waals surface area contributed by atoms with E-state index in [1.807, 2.05) is 10.8 Å². The molecule has 0 fully saturated rings. The third kappa shape index (κ3) is 2.93. The average molecular weight is 250 g/mol. The van der Waals surface area contributed by atoms with Crippen LogP contribution in [0.25, 0.3) is 0 Å². The summed E-state index contributed by atoms with van der Waals surface area (Å²) >= 11 is 0. The molecule has 4 heteroatoms. The lowest BCUT2D eigenvalue weighted by Gasteiger charge is -2.10. The smallest absolute Gasteiger partial charge is 0.223 e. The Balaban J connectivity index is 2.03. The van der Waals surface area contributed by atoms with Crippen LogP contribution in [0.4, 0.5) is 0 Å². The summed E-state index contributed by atoms with van der Waals surface area (Å²) in [5.74, 6) is 0.138. The van der Waals surface area contributed by atoms with E-state index >= 15 is 0 Å². The van der Waals surface area contributed by atoms with E-state index in [1.54, 1.807) is 19.0 Å². The maximum atomic E-state index is 11.5. The number of hydrogen-bond donors (Lipinski definition) is 1. The highest BCUT2D eigenvalue weighted by Crippen LogP contribution is 2.29. The van der Waals surface area contributed by atoms with Crippen molar-refractivity contribution in [2.45, 2.75) is 44.8 Å². The fourth-order valence-corrected chi connectivity index (χ4v) is 2.47. The molecule has 0 bridgehead atoms. The van der Waals surface area contributed by atoms with Crippen LogP contribution in [0.5, 0.6) is 0 Å². The number of aromatic nitrogens is 1. The fourth-order valence-electron chi connectivity index (χ4n) is 2.47. The van der Waals surface area contributed by atoms with Crippen molar-refractivity contribution in [3.8, 4) is 0 Å². The first kappa shape index (κ1) is 13.1. The highest BCUT2D eigenvalue weighted by atomic mass is 16.3. The minimum absolute atomic E-state index is 0.138. The number of aryl methyl sites for hydroxylation is 2. The Labute approximate surface area is 108 Å². The van der Waals surface area contributed by atoms with Gasteiger partial charge < -0.3 is 14.6 Å². The monoisotopic (exact) mass is 250 g/mol. The molecule has 1 aromatic heterocycles. The van der Waals surface area contributed by atoms with Crippen molar-refractivity contribution < 1.29 is 9.90 Å². The van der Waals surface area contributed by atoms with E-state index in [2.05, 4.69) is 6.20 Å². The largest absolute Gasteiger partial charge is 0.388 e. The van der Waals surface area contributed by atoms with Gasteiger partial charge in [0.25, 0.3) is 0 Å². The summed E-state index contributed by atoms with van der Waals surface area (Å²) in [4.78, 5) is 13.2. The van der Waals surface area contributed by atoms with E-state index < -0.39 is 0 Å². The van der Waals surface area contributed by atoms with Crippen molar-refractivity contribution >= 4 is 5.91 Å². The van der Waals surface area contributed by atoms with Gasteiger partial charge in [-0.25, -0.2) is 0 Å². The Morgan fingerprint density at radius 2 is 2.22 bits per heavy atom. The zero-order valence-corrected chi connectivity index (χ0v) is 11.2. The molecule has 4 nitrogen and oxygen atoms in total. The average Bonchev–Trinajstić information content (AvgIpc) is 2.67. The number of fused-ring (bicyclic) bond motifs is 1. The van der Waals surface area contributed by atoms with Crippen LogP contribution < -0.4 is 0 Å². The molecule has 0 radical (unpaired) electrons. The molecule has 0 aromatic carbocycles. The summed E-state index contributed by atoms with van der Waals surface area (Å²) in [5.41, 5.74) is 2.31. The molecular formula is C14H22N2O2. The normalized spacial score (nSPS) is 19.2. The Hall–Kier alpha value is -1.29. The summed E-state index contributed by atoms with van der Waals surface area (Å²) < 4.78 is 2.04. The highest BCUT2D eigenvalue weighted by molar-refractivity contribution is 5.75. The molecule has 1 unspecified atom stereocenters. The maximum absolute atomic E-state index is 11.5. The topological polar surface area (TPSA) is 45.5 Å². The molecule has 0 saturated heterocycles. The van der Waals surface area contributed by atoms with Crippen LogP contribution in [0, 0.1) is 0 Å². The van der Waals surface area contributed by atoms with E-state index in [9.17, 15) is 9.90 Å². The fraction of sp³-hybridized carbons (Fsp3) is 0.643. The predicted molar refractivity (Wildman–Crippen MR) is 70.3 cm³/mol. The molecule has 100 valence electrons. The molecule has 1 aliphatic rings. The zero-order chi connectivity index (χ0) is 13.1. The lowest BCUT2D eigenvalue weighted by molar-refractivity contribution is -0.128. The molecule has 0 aliphatic heterocycles. The van der Waals surface area contributed by atoms with Gasteiger partial charge >= 0.3 is 0 Å². The van der Waals surface area contributed by atoms with E-state index in [0.29, 0.717) is 13.0 Å². The molecule has 1 N–H and O–H groups in total. The second kappa shape index (κ2) is 5.57. The number of aliphatic hydroxyl groups is 1. The second-order valence-electron chi connectivity index (χ2n) is 5.28. The van der Waals surface area contributed by atoms with Crippen LogP contribution in [0.1, 0.15) is 42.9 Å². The molecule has 1 amide bonds. The van der Waals surface area contributed by atoms with Gasteiger partial charge in [0.05, 0.1) is 6.10 Å². The second-order valence-corrected chi connectivity index (χ2v) is 5.28. The van der Waals surface area contributed by atoms with Crippen LogP contribution in [-0.4, -0.2) is 34.6 Å². The summed E-state index contributed by atoms with van der Waals surface area (Å²) in [6, 6.07) is 0. The number of nitrogens with zero attached hydrogens (tertiary/aromatic N) is 2. The number of aliphatic hydroxyl groups excluding tert-OH is 1. The Morgan fingerprint density at radius 1 is 1.44 bits per heavy atom. The van der Waals surface area contributed by atoms with Gasteiger partial charge in [-0.2, -0.15) is 0 Å². The third-order valence-electron chi connectivity index (χ3n) is 3.61. The van der Waals surface area contributed by atoms with Crippen LogP contribution >= 0.6 is 0 Å². The number of rotatable bonds is 3. The van der Waals surface area contributed by atoms with Gasteiger partial charge in [0.2, 0.25) is 5.91 Å². The SMILES string of the molecule is CN(C)C(=O)CCn1cc2c(c1)C(O)CCCC2. The van der Waals surface area contributed by atoms with Crippen molar-refractivity contribution in [1.29, 1.82) is 0 Å². The Bertz CT molecular complexity index is 423. The van der Waals surface area contributed by atoms with Gasteiger partial charge in [0.15, 0.2) is 0 Å². The number of hydrogen-bond acceptors (Lipinski definition) is 2. The molecule has 1 aliphatic carbocycles. The number of carbonyl (C=O) groups excluding carboxylic acids is 1. The molecule has 1 atom stereocenters. The third-order valence-corrected chi connectivity index (χ3v) is 3.61. The van der Waals surface area contributed by atoms with Crippen molar-refractivity contribution in [3.63, 3.8) is 0 Å². The molecule has 18 heavy (non-hydrogen) atoms. The standard InChI is InChI=1S/C14H22N2O2/c1-15(2)14(18)7-8-16-9-11-5-3-4-6-13(17)12(11)10-16/h9-10,13,17H,3-8H2,1-2H3. The van der Waals surface area contributed by atoms with E-state index in [1.165, 1.54) is 5.56 Å². The lowest BCUT2D eigenvalue weighted by atomic mass is 10.1. The van der Waals surface area contributed by atoms with Gasteiger partial charge in [-0.05, 0) is 24.8 Å². The molecular weight excluding hydrogens is 228 g/mol. The summed E-state index contributed by atoms with van der Waals surface area (Å²) in [6.45, 7) is 0.691. The number of amides is 1. The first-order chi connectivity index (χ1) is 8.58. The van der Waals surface area contributed by atoms with Crippen molar-refractivity contribution in [2.24, 2.45) is 0 Å². The van der Waals surface area contributed by atoms with Crippen molar-refractivity contribution in [2.75, 3.05) is 14.1 Å². The van der Waals surface area contributed by atoms with Crippen molar-refractivity contribution in [3.05, 3.63) is 23.5 Å². The quantitative estimate of drug-likeness (QED) is 0.830. The van der Waals surface area contributed by atoms with Crippen LogP contribution in [0.2, 0.25) is 0 Å². The van der Waals surface area contributed by atoms with E-state index in [0.717, 1.165) is 31.2 Å². The molecule has 1 heterocycles. The Kier molecular flexibility index (Phi) is 4.07. The van der Waals surface area contributed by atoms with Crippen LogP contribution in [0.15, 0.2) is 12.4 Å². The lowest BCUT2D eigenvalue weighted by Crippen LogP contribution is -2.22. The summed E-state index contributed by atoms with van der Waals surface area (Å²) in [5, 5.41) is 10.0. The molecule has 0 saturated carbocycles. The molecule has 1 aromatic rings. The van der Waals surface area contributed by atoms with E-state index in [-0.39, 0.29) is 12.0 Å². The zero-order valence-electron chi connectivity index (χ0n) is 11.2. The molecule has 0 spiro atoms. The first-order valence-electron chi connectivity index (χ1n) is 6.64. The highest BCUT2D eigenvalue weighted by Gasteiger charge is 2.18. The summed E-state index contributed by atoms with van der Waals surface area (Å²) in [6.07, 6.45) is 8.42.